The molecule has 25 nitrogen and oxygen atoms in total. The molecule has 3 aliphatic carbocycles. The van der Waals surface area contributed by atoms with Gasteiger partial charge in [-0.2, -0.15) is 0 Å². The minimum atomic E-state index is -0.211. The Kier molecular flexibility index (Phi) is 30.4. The van der Waals surface area contributed by atoms with Gasteiger partial charge in [0.05, 0.1) is 198 Å². The number of nitrogens with one attached hydrogen (secondary N) is 1. The van der Waals surface area contributed by atoms with E-state index in [-0.39, 0.29) is 62.6 Å². The van der Waals surface area contributed by atoms with Crippen LogP contribution in [0.5, 0.6) is 0 Å². The first-order valence-corrected chi connectivity index (χ1v) is 46.8. The third kappa shape index (κ3) is 19.9. The fourth-order valence-corrected chi connectivity index (χ4v) is 22.2. The number of nitrogens with two attached hydrogens (primary N) is 9. The van der Waals surface area contributed by atoms with E-state index in [1.165, 1.54) is 0 Å². The number of ether oxygens (including phenoxy) is 1. The molecule has 7 unspecified atom stereocenters. The number of hydrogen-bond donors (Lipinski definition) is 15. The number of piperidine rings is 2. The monoisotopic (exact) mass is 1940 g/mol. The molecule has 5 aromatic carbocycles. The predicted octanol–water partition coefficient (Wildman–Crippen LogP) is 16.2. The molecular weight excluding hydrogens is 1830 g/mol. The summed E-state index contributed by atoms with van der Waals surface area (Å²) in [6.07, 6.45) is 8.11. The van der Waals surface area contributed by atoms with E-state index in [4.69, 9.17) is 177 Å². The Bertz CT molecular complexity index is 5690. The summed E-state index contributed by atoms with van der Waals surface area (Å²) in [6.45, 7) is 10.9. The summed E-state index contributed by atoms with van der Waals surface area (Å²) in [6, 6.07) is 36.7. The molecule has 5 aromatic heterocycles. The van der Waals surface area contributed by atoms with Gasteiger partial charge in [0.1, 0.15) is 0 Å². The Morgan fingerprint density at radius 2 is 0.719 bits per heavy atom. The summed E-state index contributed by atoms with van der Waals surface area (Å²) < 4.78 is 5.83. The van der Waals surface area contributed by atoms with Crippen molar-refractivity contribution in [2.75, 3.05) is 120 Å². The van der Waals surface area contributed by atoms with Crippen LogP contribution in [0.4, 0.5) is 51.2 Å². The molecule has 0 bridgehead atoms. The van der Waals surface area contributed by atoms with Gasteiger partial charge in [-0.1, -0.05) is 177 Å². The Morgan fingerprint density at radius 3 is 1.05 bits per heavy atom. The molecular formula is C93H107Cl10N19O6. The Balaban J connectivity index is 0.000000123. The third-order valence-corrected chi connectivity index (χ3v) is 30.9. The van der Waals surface area contributed by atoms with Crippen LogP contribution in [-0.2, 0) is 37.8 Å². The molecule has 1 spiro atoms. The molecule has 11 heterocycles. The summed E-state index contributed by atoms with van der Waals surface area (Å²) in [5.74, 6) is 3.76. The van der Waals surface area contributed by atoms with E-state index < -0.39 is 0 Å². The van der Waals surface area contributed by atoms with Gasteiger partial charge < -0.3 is 107 Å². The lowest BCUT2D eigenvalue weighted by molar-refractivity contribution is 0.0896. The largest absolute Gasteiger partial charge is 0.398 e. The van der Waals surface area contributed by atoms with Gasteiger partial charge in [0, 0.05) is 134 Å². The third-order valence-electron chi connectivity index (χ3n) is 26.8. The molecule has 680 valence electrons. The average Bonchev–Trinajstić information content (AvgIpc) is 1.58. The van der Waals surface area contributed by atoms with Gasteiger partial charge in [0.2, 0.25) is 0 Å². The Morgan fingerprint density at radius 1 is 0.398 bits per heavy atom. The number of aliphatic hydroxyl groups is 5. The van der Waals surface area contributed by atoms with Crippen LogP contribution in [0.3, 0.4) is 0 Å². The summed E-state index contributed by atoms with van der Waals surface area (Å²) in [5.41, 5.74) is 73.0. The Hall–Kier alpha value is -7.49. The zero-order valence-corrected chi connectivity index (χ0v) is 78.2. The van der Waals surface area contributed by atoms with E-state index >= 15 is 0 Å². The normalized spacial score (nSPS) is 24.2. The standard InChI is InChI=1S/C22H27Cl2N3O2.C19H22Cl2N4O.C18H20Cl2N4O.C17H18Cl2N4O.C17H20Cl2N4O/c1-12-21(26)22(11-29-12)7-5-13(6-8-22)19-16(25)9-17(27-18(19)10-28)14-3-2-4-15(23)20(14)24;20-14-3-1-2-13(18(14)21)16-6-15(23)19(17(9-26)24-16)25-7-10-4-12(22)5-11(10)8-25;19-13-3-1-2-12(17(13)20)15-4-14(21)18(16(9-25)23-15)24-7-10-5-22-6-11(10)8-24;18-11-3-1-2-8(15(11)19)13-4-12(20)17(14(7-24)22-13)23-5-9-10(6-23)16(9)21;18-12-5-1-4-11(16(12)19)14-7-13(21)17(15(9-24)22-14)23-6-2-3-10(20)8-23/h2-4,9,12-13,21,28H,5-8,10-11,26H2,1H3,(H2,25,27);1-3,6,10-12,26H,4-5,7-9,22H2,(H2,23,24);1-4,10-11,22,25H,5-9H2,(H2,21,23);1-4,9-10,16,24H,5-7,21H2,(H2,20,22);1,4-5,7,10,24H,2-3,6,8-9,20H2,(H2,21,22)/t12-,13?,21+,22?;;;;/m0..../s1. The highest BCUT2D eigenvalue weighted by Gasteiger charge is 2.54. The SMILES string of the molecule is C[C@@H]1OCC2(CCC(c3c(N)cc(-c4cccc(Cl)c4Cl)nc3CO)CC2)[C@@H]1N.Nc1cc(-c2cccc(Cl)c2Cl)nc(CO)c1N1CC2C(N)C2C1.Nc1cc(-c2cccc(Cl)c2Cl)nc(CO)c1N1CC2CC(N)CC2C1.Nc1cc(-c2cccc(Cl)c2Cl)nc(CO)c1N1CC2CNCC2C1.Nc1cc(-c2cccc(Cl)c2Cl)nc(CO)c1N1CCCC(N)C1. The summed E-state index contributed by atoms with van der Waals surface area (Å²) in [7, 11) is 0. The second-order valence-electron chi connectivity index (χ2n) is 34.9. The molecule has 9 aliphatic rings. The second-order valence-corrected chi connectivity index (χ2v) is 38.8. The van der Waals surface area contributed by atoms with Crippen LogP contribution in [0.1, 0.15) is 98.2 Å². The number of rotatable bonds is 15. The van der Waals surface area contributed by atoms with Crippen LogP contribution in [0.25, 0.3) is 56.3 Å². The number of nitrogen functional groups attached to an aromatic ring is 5. The van der Waals surface area contributed by atoms with Crippen LogP contribution in [-0.4, -0.2) is 153 Å². The van der Waals surface area contributed by atoms with Gasteiger partial charge in [0.25, 0.3) is 0 Å². The average molecular weight is 1940 g/mol. The minimum absolute atomic E-state index is 0.0612. The number of pyridine rings is 5. The smallest absolute Gasteiger partial charge is 0.0919 e. The molecule has 3 saturated carbocycles. The van der Waals surface area contributed by atoms with Crippen molar-refractivity contribution in [3.8, 4) is 56.3 Å². The van der Waals surface area contributed by atoms with E-state index in [1.54, 1.807) is 48.5 Å². The van der Waals surface area contributed by atoms with Crippen molar-refractivity contribution in [1.29, 1.82) is 0 Å². The summed E-state index contributed by atoms with van der Waals surface area (Å²) in [5, 5.41) is 57.3. The van der Waals surface area contributed by atoms with Gasteiger partial charge in [0.15, 0.2) is 0 Å². The number of benzene rings is 5. The molecule has 9 atom stereocenters. The van der Waals surface area contributed by atoms with Crippen LogP contribution in [0, 0.1) is 40.9 Å². The van der Waals surface area contributed by atoms with Crippen molar-refractivity contribution in [3.05, 3.63) is 206 Å². The van der Waals surface area contributed by atoms with E-state index in [0.717, 1.165) is 145 Å². The second kappa shape index (κ2) is 40.9. The highest BCUT2D eigenvalue weighted by Crippen LogP contribution is 2.53. The molecule has 10 aromatic rings. The summed E-state index contributed by atoms with van der Waals surface area (Å²) >= 11 is 62.1. The maximum atomic E-state index is 10.0. The van der Waals surface area contributed by atoms with Crippen molar-refractivity contribution < 1.29 is 30.3 Å². The van der Waals surface area contributed by atoms with Gasteiger partial charge in [-0.05, 0) is 160 Å². The first-order chi connectivity index (χ1) is 61.4. The van der Waals surface area contributed by atoms with E-state index in [9.17, 15) is 25.5 Å². The zero-order valence-electron chi connectivity index (χ0n) is 70.6. The van der Waals surface area contributed by atoms with E-state index in [1.807, 2.05) is 72.8 Å². The summed E-state index contributed by atoms with van der Waals surface area (Å²) in [4.78, 5) is 31.9. The van der Waals surface area contributed by atoms with Gasteiger partial charge in [-0.3, -0.25) is 0 Å². The lowest BCUT2D eigenvalue weighted by Crippen LogP contribution is -2.45. The topological polar surface area (TPSA) is 434 Å². The lowest BCUT2D eigenvalue weighted by atomic mass is 9.65. The predicted molar refractivity (Wildman–Crippen MR) is 522 cm³/mol. The van der Waals surface area contributed by atoms with Crippen molar-refractivity contribution >= 4 is 167 Å². The number of aliphatic hydroxyl groups excluding tert-OH is 5. The van der Waals surface area contributed by atoms with E-state index in [0.29, 0.717) is 218 Å². The highest BCUT2D eigenvalue weighted by atomic mass is 35.5. The van der Waals surface area contributed by atoms with Crippen LogP contribution in [0.2, 0.25) is 50.2 Å². The molecule has 0 radical (unpaired) electrons. The molecule has 24 N–H and O–H groups in total. The molecule has 9 fully saturated rings. The fourth-order valence-electron chi connectivity index (χ4n) is 20.3. The molecule has 35 heteroatoms. The van der Waals surface area contributed by atoms with E-state index in [2.05, 4.69) is 51.8 Å². The first kappa shape index (κ1) is 95.1. The van der Waals surface area contributed by atoms with Crippen LogP contribution >= 0.6 is 116 Å². The van der Waals surface area contributed by atoms with Gasteiger partial charge in [-0.15, -0.1) is 0 Å². The molecule has 6 saturated heterocycles. The lowest BCUT2D eigenvalue weighted by Gasteiger charge is -2.40. The molecule has 19 rings (SSSR count). The van der Waals surface area contributed by atoms with Crippen molar-refractivity contribution in [2.45, 2.75) is 128 Å². The first-order valence-electron chi connectivity index (χ1n) is 43.0. The number of nitrogens with zero attached hydrogens (tertiary/aromatic N) is 9. The Labute approximate surface area is 795 Å². The number of halogens is 10. The van der Waals surface area contributed by atoms with Crippen molar-refractivity contribution in [3.63, 3.8) is 0 Å². The number of anilines is 9. The molecule has 128 heavy (non-hydrogen) atoms. The minimum Gasteiger partial charge on any atom is -0.398 e. The van der Waals surface area contributed by atoms with Crippen molar-refractivity contribution in [1.82, 2.24) is 30.2 Å². The maximum absolute atomic E-state index is 10.0. The van der Waals surface area contributed by atoms with Gasteiger partial charge in [-0.25, -0.2) is 24.9 Å². The molecule has 0 amide bonds. The fraction of sp³-hybridized carbons (Fsp3) is 0.409. The zero-order chi connectivity index (χ0) is 91.0. The number of hydrogen-bond acceptors (Lipinski definition) is 25. The quantitative estimate of drug-likeness (QED) is 0.0453. The highest BCUT2D eigenvalue weighted by molar-refractivity contribution is 6.46. The van der Waals surface area contributed by atoms with Crippen LogP contribution < -0.4 is 76.5 Å². The van der Waals surface area contributed by atoms with Gasteiger partial charge >= 0.3 is 0 Å². The molecule has 6 aliphatic heterocycles. The van der Waals surface area contributed by atoms with Crippen molar-refractivity contribution in [2.24, 2.45) is 63.9 Å². The van der Waals surface area contributed by atoms with Crippen LogP contribution in [0.15, 0.2) is 121 Å². The number of fused-ring (bicyclic) bond motifs is 3. The maximum Gasteiger partial charge on any atom is 0.0919 e. The number of aromatic nitrogens is 5.